The second kappa shape index (κ2) is 6.86. The van der Waals surface area contributed by atoms with Gasteiger partial charge in [0.1, 0.15) is 17.8 Å². The zero-order valence-corrected chi connectivity index (χ0v) is 14.4. The number of primary amides is 1. The molecule has 0 aliphatic heterocycles. The minimum absolute atomic E-state index is 0.0904. The molecule has 0 radical (unpaired) electrons. The normalized spacial score (nSPS) is 12.3. The number of hydrogen-bond donors (Lipinski definition) is 2. The van der Waals surface area contributed by atoms with Gasteiger partial charge in [-0.25, -0.2) is 4.39 Å². The summed E-state index contributed by atoms with van der Waals surface area (Å²) in [5.41, 5.74) is 7.06. The van der Waals surface area contributed by atoms with Crippen molar-refractivity contribution in [3.8, 4) is 0 Å². The zero-order valence-electron chi connectivity index (χ0n) is 12.9. The summed E-state index contributed by atoms with van der Waals surface area (Å²) in [7, 11) is 0. The monoisotopic (exact) mass is 378 g/mol. The van der Waals surface area contributed by atoms with E-state index in [1.165, 1.54) is 18.2 Å². The quantitative estimate of drug-likeness (QED) is 0.651. The van der Waals surface area contributed by atoms with E-state index in [0.29, 0.717) is 38.4 Å². The Morgan fingerprint density at radius 3 is 2.68 bits per heavy atom. The molecular weight excluding hydrogens is 366 g/mol. The van der Waals surface area contributed by atoms with Crippen molar-refractivity contribution in [2.45, 2.75) is 12.3 Å². The predicted molar refractivity (Wildman–Crippen MR) is 95.7 cm³/mol. The molecule has 2 aromatic carbocycles. The number of nitrogens with one attached hydrogen (secondary N) is 1. The average molecular weight is 379 g/mol. The third kappa shape index (κ3) is 3.38. The molecule has 128 valence electrons. The van der Waals surface area contributed by atoms with Crippen molar-refractivity contribution in [3.63, 3.8) is 0 Å². The van der Waals surface area contributed by atoms with Gasteiger partial charge in [0.05, 0.1) is 5.02 Å². The second-order valence-electron chi connectivity index (χ2n) is 5.66. The largest absolute Gasteiger partial charge is 0.364 e. The number of rotatable bonds is 5. The lowest BCUT2D eigenvalue weighted by Gasteiger charge is -2.12. The van der Waals surface area contributed by atoms with Crippen LogP contribution in [-0.4, -0.2) is 17.2 Å². The molecule has 0 aliphatic carbocycles. The Labute approximate surface area is 152 Å². The third-order valence-electron chi connectivity index (χ3n) is 3.98. The van der Waals surface area contributed by atoms with E-state index in [1.54, 1.807) is 18.2 Å². The lowest BCUT2D eigenvalue weighted by atomic mass is 9.90. The fraction of sp³-hybridized carbons (Fsp3) is 0.111. The van der Waals surface area contributed by atoms with Gasteiger partial charge in [-0.3, -0.25) is 4.79 Å². The number of aldehydes is 1. The topological polar surface area (TPSA) is 76.0 Å². The van der Waals surface area contributed by atoms with Crippen molar-refractivity contribution in [2.75, 3.05) is 0 Å². The number of nitrogens with two attached hydrogens (primary N) is 1. The smallest absolute Gasteiger partial charge is 0.265 e. The van der Waals surface area contributed by atoms with Crippen LogP contribution in [0, 0.1) is 5.82 Å². The summed E-state index contributed by atoms with van der Waals surface area (Å²) >= 11 is 12.3. The van der Waals surface area contributed by atoms with E-state index in [2.05, 4.69) is 4.98 Å². The Hall–Kier alpha value is -2.37. The first-order chi connectivity index (χ1) is 11.9. The first-order valence-corrected chi connectivity index (χ1v) is 8.16. The van der Waals surface area contributed by atoms with E-state index in [0.717, 1.165) is 0 Å². The number of hydrogen-bond acceptors (Lipinski definition) is 2. The number of benzene rings is 2. The molecule has 4 nitrogen and oxygen atoms in total. The van der Waals surface area contributed by atoms with Crippen molar-refractivity contribution in [1.82, 2.24) is 4.98 Å². The molecule has 3 N–H and O–H groups in total. The summed E-state index contributed by atoms with van der Waals surface area (Å²) in [6.07, 6.45) is 0.901. The van der Waals surface area contributed by atoms with Crippen LogP contribution in [0.5, 0.6) is 0 Å². The molecule has 3 rings (SSSR count). The highest BCUT2D eigenvalue weighted by Gasteiger charge is 2.25. The Kier molecular flexibility index (Phi) is 4.79. The Bertz CT molecular complexity index is 985. The zero-order chi connectivity index (χ0) is 18.1. The van der Waals surface area contributed by atoms with Gasteiger partial charge in [-0.05, 0) is 36.2 Å². The fourth-order valence-electron chi connectivity index (χ4n) is 2.97. The number of halogens is 3. The van der Waals surface area contributed by atoms with E-state index in [1.807, 2.05) is 0 Å². The molecule has 1 unspecified atom stereocenters. The predicted octanol–water partition coefficient (Wildman–Crippen LogP) is 4.24. The highest BCUT2D eigenvalue weighted by molar-refractivity contribution is 6.39. The maximum absolute atomic E-state index is 13.4. The summed E-state index contributed by atoms with van der Waals surface area (Å²) in [5.74, 6) is -1.85. The number of carbonyl (C=O) groups excluding carboxylic acids is 2. The van der Waals surface area contributed by atoms with Crippen LogP contribution in [0.1, 0.15) is 27.5 Å². The summed E-state index contributed by atoms with van der Waals surface area (Å²) in [4.78, 5) is 26.5. The standard InChI is InChI=1S/C18H13Cl2FN2O2/c19-11-6-13(20)16-14(7-11)23-17(18(22)25)15(16)10(8-24)4-9-2-1-3-12(21)5-9/h1-3,5-8,10,23H,4H2,(H2,22,25). The Morgan fingerprint density at radius 1 is 1.28 bits per heavy atom. The Balaban J connectivity index is 2.18. The first-order valence-electron chi connectivity index (χ1n) is 7.41. The number of aromatic nitrogens is 1. The van der Waals surface area contributed by atoms with Gasteiger partial charge in [0, 0.05) is 27.4 Å². The molecule has 0 aliphatic rings. The van der Waals surface area contributed by atoms with Gasteiger partial charge in [-0.2, -0.15) is 0 Å². The summed E-state index contributed by atoms with van der Waals surface area (Å²) < 4.78 is 13.4. The molecule has 0 spiro atoms. The van der Waals surface area contributed by atoms with Crippen molar-refractivity contribution in [1.29, 1.82) is 0 Å². The van der Waals surface area contributed by atoms with Gasteiger partial charge in [0.25, 0.3) is 5.91 Å². The number of aromatic amines is 1. The van der Waals surface area contributed by atoms with Crippen molar-refractivity contribution < 1.29 is 14.0 Å². The van der Waals surface area contributed by atoms with Gasteiger partial charge >= 0.3 is 0 Å². The molecule has 0 fully saturated rings. The van der Waals surface area contributed by atoms with E-state index in [9.17, 15) is 14.0 Å². The van der Waals surface area contributed by atoms with Gasteiger partial charge in [0.15, 0.2) is 0 Å². The van der Waals surface area contributed by atoms with Crippen LogP contribution < -0.4 is 5.73 Å². The van der Waals surface area contributed by atoms with E-state index < -0.39 is 17.6 Å². The van der Waals surface area contributed by atoms with Crippen molar-refractivity contribution in [2.24, 2.45) is 5.73 Å². The molecule has 0 saturated carbocycles. The summed E-state index contributed by atoms with van der Waals surface area (Å²) in [6, 6.07) is 9.05. The third-order valence-corrected chi connectivity index (χ3v) is 4.50. The molecule has 1 aromatic heterocycles. The minimum atomic E-state index is -0.725. The maximum atomic E-state index is 13.4. The van der Waals surface area contributed by atoms with Crippen LogP contribution in [0.4, 0.5) is 4.39 Å². The summed E-state index contributed by atoms with van der Waals surface area (Å²) in [6.45, 7) is 0. The molecule has 0 bridgehead atoms. The van der Waals surface area contributed by atoms with Crippen LogP contribution in [0.2, 0.25) is 10.0 Å². The molecule has 1 heterocycles. The van der Waals surface area contributed by atoms with Crippen LogP contribution in [0.3, 0.4) is 0 Å². The van der Waals surface area contributed by atoms with Gasteiger partial charge in [-0.1, -0.05) is 35.3 Å². The van der Waals surface area contributed by atoms with Crippen LogP contribution in [0.25, 0.3) is 10.9 Å². The van der Waals surface area contributed by atoms with Gasteiger partial charge in [-0.15, -0.1) is 0 Å². The van der Waals surface area contributed by atoms with Crippen molar-refractivity contribution in [3.05, 3.63) is 69.1 Å². The number of amides is 1. The van der Waals surface area contributed by atoms with E-state index >= 15 is 0 Å². The van der Waals surface area contributed by atoms with Gasteiger partial charge in [0.2, 0.25) is 0 Å². The second-order valence-corrected chi connectivity index (χ2v) is 6.51. The molecule has 25 heavy (non-hydrogen) atoms. The molecule has 3 aromatic rings. The van der Waals surface area contributed by atoms with Crippen LogP contribution >= 0.6 is 23.2 Å². The van der Waals surface area contributed by atoms with Crippen LogP contribution in [0.15, 0.2) is 36.4 Å². The van der Waals surface area contributed by atoms with Crippen LogP contribution in [-0.2, 0) is 11.2 Å². The van der Waals surface area contributed by atoms with Gasteiger partial charge < -0.3 is 15.5 Å². The highest BCUT2D eigenvalue weighted by atomic mass is 35.5. The Morgan fingerprint density at radius 2 is 2.04 bits per heavy atom. The minimum Gasteiger partial charge on any atom is -0.364 e. The average Bonchev–Trinajstić information content (AvgIpc) is 2.92. The molecular formula is C18H13Cl2FN2O2. The first kappa shape index (κ1) is 17.5. The SMILES string of the molecule is NC(=O)c1[nH]c2cc(Cl)cc(Cl)c2c1C(C=O)Cc1cccc(F)c1. The highest BCUT2D eigenvalue weighted by Crippen LogP contribution is 2.37. The van der Waals surface area contributed by atoms with Crippen molar-refractivity contribution >= 4 is 46.3 Å². The lowest BCUT2D eigenvalue weighted by molar-refractivity contribution is -0.109. The maximum Gasteiger partial charge on any atom is 0.265 e. The van der Waals surface area contributed by atoms with E-state index in [-0.39, 0.29) is 12.1 Å². The lowest BCUT2D eigenvalue weighted by Crippen LogP contribution is -2.16. The fourth-order valence-corrected chi connectivity index (χ4v) is 3.57. The number of H-pyrrole nitrogens is 1. The number of fused-ring (bicyclic) bond motifs is 1. The molecule has 1 atom stereocenters. The molecule has 0 saturated heterocycles. The molecule has 1 amide bonds. The van der Waals surface area contributed by atoms with E-state index in [4.69, 9.17) is 28.9 Å². The summed E-state index contributed by atoms with van der Waals surface area (Å²) in [5, 5.41) is 1.19. The number of carbonyl (C=O) groups is 2. The molecule has 7 heteroatoms.